The van der Waals surface area contributed by atoms with E-state index >= 15 is 0 Å². The van der Waals surface area contributed by atoms with Gasteiger partial charge in [-0.1, -0.05) is 18.2 Å². The van der Waals surface area contributed by atoms with Crippen LogP contribution < -0.4 is 15.4 Å². The number of carbonyl (C=O) groups excluding carboxylic acids is 2. The van der Waals surface area contributed by atoms with Crippen LogP contribution in [0.1, 0.15) is 19.3 Å². The Balaban J connectivity index is 1.66. The Morgan fingerprint density at radius 3 is 2.00 bits per heavy atom. The van der Waals surface area contributed by atoms with Gasteiger partial charge in [-0.05, 0) is 49.2 Å². The van der Waals surface area contributed by atoms with Crippen LogP contribution in [0.25, 0.3) is 0 Å². The third-order valence-corrected chi connectivity index (χ3v) is 5.75. The SMILES string of the molecule is O=C(CCCNC(=O)C(F)(F)F)NCCCNS(=O)(=O)c1ccc(N=Nc2ccccc2)cc1. The molecule has 0 aliphatic rings. The first kappa shape index (κ1) is 26.9. The minimum atomic E-state index is -4.95. The van der Waals surface area contributed by atoms with Gasteiger partial charge < -0.3 is 10.6 Å². The van der Waals surface area contributed by atoms with Crippen molar-refractivity contribution < 1.29 is 31.2 Å². The lowest BCUT2D eigenvalue weighted by Crippen LogP contribution is -2.37. The second kappa shape index (κ2) is 12.8. The third kappa shape index (κ3) is 9.67. The molecule has 2 aromatic rings. The lowest BCUT2D eigenvalue weighted by atomic mass is 10.3. The lowest BCUT2D eigenvalue weighted by Gasteiger charge is -2.09. The number of amides is 2. The number of hydrogen-bond acceptors (Lipinski definition) is 6. The molecular weight excluding hydrogens is 475 g/mol. The molecule has 0 heterocycles. The van der Waals surface area contributed by atoms with Gasteiger partial charge in [0.25, 0.3) is 0 Å². The Hall–Kier alpha value is -3.32. The van der Waals surface area contributed by atoms with Crippen molar-refractivity contribution in [2.45, 2.75) is 30.3 Å². The molecule has 0 aromatic heterocycles. The number of carbonyl (C=O) groups is 2. The predicted molar refractivity (Wildman–Crippen MR) is 118 cm³/mol. The highest BCUT2D eigenvalue weighted by Gasteiger charge is 2.38. The lowest BCUT2D eigenvalue weighted by molar-refractivity contribution is -0.173. The molecule has 0 saturated carbocycles. The monoisotopic (exact) mass is 499 g/mol. The second-order valence-electron chi connectivity index (χ2n) is 6.99. The number of nitrogens with one attached hydrogen (secondary N) is 3. The van der Waals surface area contributed by atoms with E-state index in [1.54, 1.807) is 17.4 Å². The van der Waals surface area contributed by atoms with Crippen molar-refractivity contribution in [1.82, 2.24) is 15.4 Å². The number of azo groups is 1. The van der Waals surface area contributed by atoms with Gasteiger partial charge in [-0.2, -0.15) is 23.4 Å². The molecule has 13 heteroatoms. The van der Waals surface area contributed by atoms with E-state index in [0.29, 0.717) is 17.8 Å². The number of hydrogen-bond donors (Lipinski definition) is 3. The number of halogens is 3. The first-order valence-corrected chi connectivity index (χ1v) is 11.7. The molecule has 2 rings (SSSR count). The molecule has 184 valence electrons. The van der Waals surface area contributed by atoms with Crippen LogP contribution in [0.5, 0.6) is 0 Å². The average Bonchev–Trinajstić information content (AvgIpc) is 2.80. The van der Waals surface area contributed by atoms with E-state index in [-0.39, 0.29) is 37.4 Å². The number of rotatable bonds is 12. The maximum Gasteiger partial charge on any atom is 0.471 e. The maximum absolute atomic E-state index is 12.4. The minimum absolute atomic E-state index is 0.0428. The fraction of sp³-hybridized carbons (Fsp3) is 0.333. The summed E-state index contributed by atoms with van der Waals surface area (Å²) >= 11 is 0. The van der Waals surface area contributed by atoms with E-state index in [9.17, 15) is 31.2 Å². The van der Waals surface area contributed by atoms with Crippen molar-refractivity contribution in [2.24, 2.45) is 10.2 Å². The van der Waals surface area contributed by atoms with Crippen molar-refractivity contribution in [2.75, 3.05) is 19.6 Å². The number of nitrogens with zero attached hydrogens (tertiary/aromatic N) is 2. The first-order valence-electron chi connectivity index (χ1n) is 10.3. The van der Waals surface area contributed by atoms with Gasteiger partial charge in [-0.15, -0.1) is 0 Å². The Labute approximate surface area is 194 Å². The zero-order valence-electron chi connectivity index (χ0n) is 18.0. The van der Waals surface area contributed by atoms with Crippen molar-refractivity contribution in [1.29, 1.82) is 0 Å². The number of benzene rings is 2. The van der Waals surface area contributed by atoms with Crippen molar-refractivity contribution in [3.63, 3.8) is 0 Å². The molecule has 0 atom stereocenters. The smallest absolute Gasteiger partial charge is 0.356 e. The summed E-state index contributed by atoms with van der Waals surface area (Å²) in [5, 5.41) is 12.3. The van der Waals surface area contributed by atoms with Gasteiger partial charge in [0.15, 0.2) is 0 Å². The fourth-order valence-electron chi connectivity index (χ4n) is 2.55. The topological polar surface area (TPSA) is 129 Å². The van der Waals surface area contributed by atoms with E-state index in [4.69, 9.17) is 0 Å². The summed E-state index contributed by atoms with van der Waals surface area (Å²) in [7, 11) is -3.75. The Morgan fingerprint density at radius 2 is 1.38 bits per heavy atom. The molecule has 0 saturated heterocycles. The number of alkyl halides is 3. The largest absolute Gasteiger partial charge is 0.471 e. The molecule has 2 amide bonds. The van der Waals surface area contributed by atoms with Gasteiger partial charge in [-0.25, -0.2) is 13.1 Å². The van der Waals surface area contributed by atoms with E-state index < -0.39 is 28.0 Å². The summed E-state index contributed by atoms with van der Waals surface area (Å²) in [5.74, 6) is -2.46. The zero-order chi connectivity index (χ0) is 25.0. The van der Waals surface area contributed by atoms with Crippen molar-refractivity contribution >= 4 is 33.2 Å². The van der Waals surface area contributed by atoms with Crippen LogP contribution in [0.15, 0.2) is 69.7 Å². The van der Waals surface area contributed by atoms with Gasteiger partial charge in [0.1, 0.15) is 0 Å². The summed E-state index contributed by atoms with van der Waals surface area (Å²) in [6.07, 6.45) is -4.68. The van der Waals surface area contributed by atoms with Gasteiger partial charge in [0.05, 0.1) is 16.3 Å². The molecule has 2 aromatic carbocycles. The van der Waals surface area contributed by atoms with Crippen LogP contribution in [0.3, 0.4) is 0 Å². The molecule has 0 fully saturated rings. The normalized spacial score (nSPS) is 12.0. The highest BCUT2D eigenvalue weighted by Crippen LogP contribution is 2.20. The molecule has 0 bridgehead atoms. The van der Waals surface area contributed by atoms with E-state index in [2.05, 4.69) is 20.3 Å². The average molecular weight is 500 g/mol. The molecule has 0 unspecified atom stereocenters. The highest BCUT2D eigenvalue weighted by molar-refractivity contribution is 7.89. The van der Waals surface area contributed by atoms with Crippen LogP contribution in [-0.4, -0.2) is 46.0 Å². The molecule has 0 spiro atoms. The minimum Gasteiger partial charge on any atom is -0.356 e. The van der Waals surface area contributed by atoms with Gasteiger partial charge >= 0.3 is 12.1 Å². The third-order valence-electron chi connectivity index (χ3n) is 4.28. The Kier molecular flexibility index (Phi) is 10.1. The van der Waals surface area contributed by atoms with Gasteiger partial charge in [-0.3, -0.25) is 9.59 Å². The molecule has 0 aliphatic carbocycles. The van der Waals surface area contributed by atoms with E-state index in [1.165, 1.54) is 24.3 Å². The van der Waals surface area contributed by atoms with Gasteiger partial charge in [0.2, 0.25) is 15.9 Å². The standard InChI is InChI=1S/C21H24F3N5O4S/c22-21(23,24)20(31)26-13-4-8-19(30)25-14-5-15-27-34(32,33)18-11-9-17(10-12-18)29-28-16-6-2-1-3-7-16/h1-3,6-7,9-12,27H,4-5,8,13-15H2,(H,25,30)(H,26,31). The van der Waals surface area contributed by atoms with Crippen LogP contribution in [0.4, 0.5) is 24.5 Å². The first-order chi connectivity index (χ1) is 16.1. The summed E-state index contributed by atoms with van der Waals surface area (Å²) in [5.41, 5.74) is 1.16. The molecule has 34 heavy (non-hydrogen) atoms. The summed E-state index contributed by atoms with van der Waals surface area (Å²) in [6, 6.07) is 14.9. The maximum atomic E-state index is 12.4. The van der Waals surface area contributed by atoms with Crippen LogP contribution >= 0.6 is 0 Å². The summed E-state index contributed by atoms with van der Waals surface area (Å²) in [4.78, 5) is 22.3. The fourth-order valence-corrected chi connectivity index (χ4v) is 3.62. The number of sulfonamides is 1. The summed E-state index contributed by atoms with van der Waals surface area (Å²) < 4.78 is 63.2. The molecule has 9 nitrogen and oxygen atoms in total. The predicted octanol–water partition coefficient (Wildman–Crippen LogP) is 3.35. The van der Waals surface area contributed by atoms with Crippen LogP contribution in [-0.2, 0) is 19.6 Å². The zero-order valence-corrected chi connectivity index (χ0v) is 18.8. The molecule has 3 N–H and O–H groups in total. The van der Waals surface area contributed by atoms with Crippen LogP contribution in [0, 0.1) is 0 Å². The second-order valence-corrected chi connectivity index (χ2v) is 8.75. The summed E-state index contributed by atoms with van der Waals surface area (Å²) in [6.45, 7) is -0.0349. The van der Waals surface area contributed by atoms with Crippen molar-refractivity contribution in [3.8, 4) is 0 Å². The quantitative estimate of drug-likeness (QED) is 0.306. The molecule has 0 radical (unpaired) electrons. The highest BCUT2D eigenvalue weighted by atomic mass is 32.2. The molecule has 0 aliphatic heterocycles. The van der Waals surface area contributed by atoms with Crippen molar-refractivity contribution in [3.05, 3.63) is 54.6 Å². The van der Waals surface area contributed by atoms with Crippen LogP contribution in [0.2, 0.25) is 0 Å². The van der Waals surface area contributed by atoms with E-state index in [0.717, 1.165) is 0 Å². The van der Waals surface area contributed by atoms with Gasteiger partial charge in [0, 0.05) is 26.1 Å². The Bertz CT molecular complexity index is 1080. The molecular formula is C21H24F3N5O4S. The Morgan fingerprint density at radius 1 is 0.794 bits per heavy atom. The van der Waals surface area contributed by atoms with E-state index in [1.807, 2.05) is 18.2 Å².